The summed E-state index contributed by atoms with van der Waals surface area (Å²) < 4.78 is 1.92. The van der Waals surface area contributed by atoms with E-state index in [2.05, 4.69) is 28.9 Å². The van der Waals surface area contributed by atoms with Gasteiger partial charge in [0.05, 0.1) is 11.4 Å². The number of hydrogen-bond acceptors (Lipinski definition) is 3. The first-order valence-corrected chi connectivity index (χ1v) is 5.50. The molecule has 0 atom stereocenters. The zero-order valence-electron chi connectivity index (χ0n) is 9.48. The SMILES string of the molecule is Cc1nn(C(C)C)cc1-c1ccnc(Cl)n1. The monoisotopic (exact) mass is 236 g/mol. The molecule has 84 valence electrons. The lowest BCUT2D eigenvalue weighted by molar-refractivity contribution is 0.529. The van der Waals surface area contributed by atoms with E-state index < -0.39 is 0 Å². The van der Waals surface area contributed by atoms with E-state index in [0.29, 0.717) is 6.04 Å². The Morgan fingerprint density at radius 2 is 2.12 bits per heavy atom. The van der Waals surface area contributed by atoms with E-state index in [-0.39, 0.29) is 5.28 Å². The lowest BCUT2D eigenvalue weighted by Gasteiger charge is -2.02. The molecule has 0 aliphatic rings. The molecule has 0 saturated heterocycles. The Bertz CT molecular complexity index is 504. The molecule has 0 saturated carbocycles. The molecule has 0 spiro atoms. The highest BCUT2D eigenvalue weighted by Gasteiger charge is 2.10. The van der Waals surface area contributed by atoms with Gasteiger partial charge in [0.2, 0.25) is 5.28 Å². The molecule has 0 aromatic carbocycles. The van der Waals surface area contributed by atoms with Crippen LogP contribution in [0.1, 0.15) is 25.6 Å². The Hall–Kier alpha value is -1.42. The molecular weight excluding hydrogens is 224 g/mol. The second-order valence-corrected chi connectivity index (χ2v) is 4.25. The van der Waals surface area contributed by atoms with Crippen molar-refractivity contribution in [2.75, 3.05) is 0 Å². The number of aromatic nitrogens is 4. The lowest BCUT2D eigenvalue weighted by Crippen LogP contribution is -2.00. The molecular formula is C11H13ClN4. The van der Waals surface area contributed by atoms with Crippen LogP contribution in [0, 0.1) is 6.92 Å². The molecule has 2 aromatic heterocycles. The van der Waals surface area contributed by atoms with Crippen LogP contribution in [0.3, 0.4) is 0 Å². The van der Waals surface area contributed by atoms with Gasteiger partial charge in [0, 0.05) is 24.0 Å². The Balaban J connectivity index is 2.48. The van der Waals surface area contributed by atoms with Crippen molar-refractivity contribution in [1.82, 2.24) is 19.7 Å². The Labute approximate surface area is 99.3 Å². The van der Waals surface area contributed by atoms with Gasteiger partial charge in [0.15, 0.2) is 0 Å². The zero-order valence-corrected chi connectivity index (χ0v) is 10.2. The average molecular weight is 237 g/mol. The van der Waals surface area contributed by atoms with Gasteiger partial charge in [0.1, 0.15) is 0 Å². The summed E-state index contributed by atoms with van der Waals surface area (Å²) in [6.07, 6.45) is 3.63. The summed E-state index contributed by atoms with van der Waals surface area (Å²) >= 11 is 5.77. The largest absolute Gasteiger partial charge is 0.269 e. The highest BCUT2D eigenvalue weighted by Crippen LogP contribution is 2.22. The molecule has 5 heteroatoms. The van der Waals surface area contributed by atoms with Gasteiger partial charge >= 0.3 is 0 Å². The van der Waals surface area contributed by atoms with Crippen molar-refractivity contribution in [3.63, 3.8) is 0 Å². The summed E-state index contributed by atoms with van der Waals surface area (Å²) in [7, 11) is 0. The van der Waals surface area contributed by atoms with Crippen molar-refractivity contribution >= 4 is 11.6 Å². The first-order valence-electron chi connectivity index (χ1n) is 5.12. The van der Waals surface area contributed by atoms with Crippen molar-refractivity contribution in [1.29, 1.82) is 0 Å². The van der Waals surface area contributed by atoms with Crippen LogP contribution in [-0.2, 0) is 0 Å². The fourth-order valence-electron chi connectivity index (χ4n) is 1.48. The molecule has 2 heterocycles. The van der Waals surface area contributed by atoms with Crippen molar-refractivity contribution in [3.05, 3.63) is 29.4 Å². The van der Waals surface area contributed by atoms with Gasteiger partial charge in [-0.25, -0.2) is 9.97 Å². The number of halogens is 1. The maximum absolute atomic E-state index is 5.77. The van der Waals surface area contributed by atoms with Gasteiger partial charge in [-0.1, -0.05) is 0 Å². The fraction of sp³-hybridized carbons (Fsp3) is 0.364. The second-order valence-electron chi connectivity index (χ2n) is 3.91. The van der Waals surface area contributed by atoms with Gasteiger partial charge in [-0.2, -0.15) is 5.10 Å². The van der Waals surface area contributed by atoms with E-state index >= 15 is 0 Å². The third-order valence-electron chi connectivity index (χ3n) is 2.35. The summed E-state index contributed by atoms with van der Waals surface area (Å²) in [5, 5.41) is 4.69. The number of nitrogens with zero attached hydrogens (tertiary/aromatic N) is 4. The van der Waals surface area contributed by atoms with Crippen LogP contribution in [-0.4, -0.2) is 19.7 Å². The van der Waals surface area contributed by atoms with Crippen molar-refractivity contribution in [2.45, 2.75) is 26.8 Å². The Kier molecular flexibility index (Phi) is 2.92. The van der Waals surface area contributed by atoms with Gasteiger partial charge in [-0.05, 0) is 38.4 Å². The van der Waals surface area contributed by atoms with Crippen LogP contribution in [0.5, 0.6) is 0 Å². The minimum atomic E-state index is 0.259. The van der Waals surface area contributed by atoms with E-state index in [0.717, 1.165) is 17.0 Å². The van der Waals surface area contributed by atoms with Crippen molar-refractivity contribution in [3.8, 4) is 11.3 Å². The number of hydrogen-bond donors (Lipinski definition) is 0. The molecule has 2 rings (SSSR count). The van der Waals surface area contributed by atoms with Gasteiger partial charge in [-0.3, -0.25) is 4.68 Å². The Morgan fingerprint density at radius 1 is 1.38 bits per heavy atom. The summed E-state index contributed by atoms with van der Waals surface area (Å²) in [4.78, 5) is 8.04. The summed E-state index contributed by atoms with van der Waals surface area (Å²) in [6, 6.07) is 2.17. The maximum Gasteiger partial charge on any atom is 0.222 e. The summed E-state index contributed by atoms with van der Waals surface area (Å²) in [6.45, 7) is 6.14. The van der Waals surface area contributed by atoms with Crippen LogP contribution >= 0.6 is 11.6 Å². The zero-order chi connectivity index (χ0) is 11.7. The first-order chi connectivity index (χ1) is 7.58. The van der Waals surface area contributed by atoms with Crippen LogP contribution in [0.4, 0.5) is 0 Å². The molecule has 0 fully saturated rings. The molecule has 0 N–H and O–H groups in total. The average Bonchev–Trinajstić information content (AvgIpc) is 2.60. The van der Waals surface area contributed by atoms with E-state index in [9.17, 15) is 0 Å². The van der Waals surface area contributed by atoms with E-state index in [4.69, 9.17) is 11.6 Å². The fourth-order valence-corrected chi connectivity index (χ4v) is 1.63. The third-order valence-corrected chi connectivity index (χ3v) is 2.53. The molecule has 0 aliphatic heterocycles. The minimum Gasteiger partial charge on any atom is -0.269 e. The highest BCUT2D eigenvalue weighted by atomic mass is 35.5. The second kappa shape index (κ2) is 4.22. The standard InChI is InChI=1S/C11H13ClN4/c1-7(2)16-6-9(8(3)15-16)10-4-5-13-11(12)14-10/h4-7H,1-3H3. The molecule has 0 unspecified atom stereocenters. The van der Waals surface area contributed by atoms with E-state index in [1.54, 1.807) is 6.20 Å². The van der Waals surface area contributed by atoms with Crippen molar-refractivity contribution in [2.24, 2.45) is 0 Å². The molecule has 0 aliphatic carbocycles. The highest BCUT2D eigenvalue weighted by molar-refractivity contribution is 6.28. The lowest BCUT2D eigenvalue weighted by atomic mass is 10.2. The van der Waals surface area contributed by atoms with Crippen molar-refractivity contribution < 1.29 is 0 Å². The van der Waals surface area contributed by atoms with Crippen LogP contribution < -0.4 is 0 Å². The normalized spacial score (nSPS) is 11.1. The summed E-state index contributed by atoms with van der Waals surface area (Å²) in [5.74, 6) is 0. The molecule has 0 radical (unpaired) electrons. The molecule has 16 heavy (non-hydrogen) atoms. The Morgan fingerprint density at radius 3 is 2.69 bits per heavy atom. The predicted octanol–water partition coefficient (Wildman–Crippen LogP) is 2.88. The maximum atomic E-state index is 5.77. The molecule has 4 nitrogen and oxygen atoms in total. The van der Waals surface area contributed by atoms with Gasteiger partial charge in [0.25, 0.3) is 0 Å². The minimum absolute atomic E-state index is 0.259. The van der Waals surface area contributed by atoms with E-state index in [1.807, 2.05) is 23.9 Å². The van der Waals surface area contributed by atoms with Crippen LogP contribution in [0.15, 0.2) is 18.5 Å². The van der Waals surface area contributed by atoms with E-state index in [1.165, 1.54) is 0 Å². The quantitative estimate of drug-likeness (QED) is 0.753. The summed E-state index contributed by atoms with van der Waals surface area (Å²) in [5.41, 5.74) is 2.76. The number of rotatable bonds is 2. The molecule has 0 amide bonds. The molecule has 0 bridgehead atoms. The van der Waals surface area contributed by atoms with Gasteiger partial charge in [-0.15, -0.1) is 0 Å². The first kappa shape index (κ1) is 11.1. The number of aryl methyl sites for hydroxylation is 1. The predicted molar refractivity (Wildman–Crippen MR) is 63.4 cm³/mol. The van der Waals surface area contributed by atoms with Gasteiger partial charge < -0.3 is 0 Å². The smallest absolute Gasteiger partial charge is 0.222 e. The molecule has 2 aromatic rings. The van der Waals surface area contributed by atoms with Crippen LogP contribution in [0.25, 0.3) is 11.3 Å². The third kappa shape index (κ3) is 2.07. The topological polar surface area (TPSA) is 43.6 Å². The van der Waals surface area contributed by atoms with Crippen LogP contribution in [0.2, 0.25) is 5.28 Å².